The van der Waals surface area contributed by atoms with E-state index in [0.29, 0.717) is 18.4 Å². The maximum absolute atomic E-state index is 13.2. The molecule has 188 valence electrons. The fourth-order valence-corrected chi connectivity index (χ4v) is 8.03. The lowest BCUT2D eigenvalue weighted by atomic mass is 9.37. The molecule has 1 aromatic carbocycles. The van der Waals surface area contributed by atoms with E-state index in [2.05, 4.69) is 33.4 Å². The van der Waals surface area contributed by atoms with E-state index >= 15 is 0 Å². The predicted molar refractivity (Wildman–Crippen MR) is 142 cm³/mol. The zero-order chi connectivity index (χ0) is 24.7. The second-order valence-electron chi connectivity index (χ2n) is 12.0. The Balaban J connectivity index is 1.03. The minimum absolute atomic E-state index is 0.244. The summed E-state index contributed by atoms with van der Waals surface area (Å²) in [4.78, 5) is 20.4. The van der Waals surface area contributed by atoms with Gasteiger partial charge in [-0.05, 0) is 118 Å². The van der Waals surface area contributed by atoms with Gasteiger partial charge in [-0.25, -0.2) is 0 Å². The Hall–Kier alpha value is -2.71. The van der Waals surface area contributed by atoms with Crippen LogP contribution < -0.4 is 5.32 Å². The first-order valence-electron chi connectivity index (χ1n) is 14.0. The van der Waals surface area contributed by atoms with Crippen LogP contribution in [0.3, 0.4) is 0 Å². The number of anilines is 1. The van der Waals surface area contributed by atoms with Crippen LogP contribution in [0.15, 0.2) is 36.5 Å². The highest BCUT2D eigenvalue weighted by Crippen LogP contribution is 2.72. The third-order valence-corrected chi connectivity index (χ3v) is 9.80. The molecular formula is C31H38N4O. The van der Waals surface area contributed by atoms with Gasteiger partial charge in [-0.2, -0.15) is 5.26 Å². The summed E-state index contributed by atoms with van der Waals surface area (Å²) in [7, 11) is 0. The van der Waals surface area contributed by atoms with Gasteiger partial charge < -0.3 is 10.2 Å². The average Bonchev–Trinajstić information content (AvgIpc) is 3.38. The number of aromatic nitrogens is 1. The standard InChI is InChI=1S/C31H38N4O/c1-21-4-7-27(15-25(21)19-32)34-28-9-5-22-16-31(17-24(14-28)30(22)31)18-29(36)23-6-8-26(33-20-23)10-13-35-11-2-3-12-35/h4,6-8,15,20,22,24,28,30,34H,2-3,5,9-14,16-18H2,1H3/t22?,24-,28-,30?,31?/m0/s1. The van der Waals surface area contributed by atoms with Gasteiger partial charge in [-0.3, -0.25) is 9.78 Å². The number of aryl methyl sites for hydroxylation is 1. The van der Waals surface area contributed by atoms with Crippen molar-refractivity contribution in [2.45, 2.75) is 70.8 Å². The molecule has 1 aliphatic heterocycles. The number of carbonyl (C=O) groups is 1. The van der Waals surface area contributed by atoms with Crippen molar-refractivity contribution in [2.24, 2.45) is 23.2 Å². The maximum Gasteiger partial charge on any atom is 0.164 e. The van der Waals surface area contributed by atoms with E-state index in [0.717, 1.165) is 52.9 Å². The van der Waals surface area contributed by atoms with E-state index in [4.69, 9.17) is 0 Å². The molecule has 1 saturated heterocycles. The second-order valence-corrected chi connectivity index (χ2v) is 12.0. The van der Waals surface area contributed by atoms with E-state index in [1.807, 2.05) is 31.3 Å². The SMILES string of the molecule is Cc1ccc(N[C@H]2CCC3CC4(CC(=O)c5ccc(CCN6CCCC6)nc5)C[C@H](C2)C34)cc1C#N. The number of nitrogens with one attached hydrogen (secondary N) is 1. The molecule has 1 N–H and O–H groups in total. The summed E-state index contributed by atoms with van der Waals surface area (Å²) in [6.45, 7) is 5.49. The third kappa shape index (κ3) is 4.45. The zero-order valence-electron chi connectivity index (χ0n) is 21.5. The van der Waals surface area contributed by atoms with Crippen LogP contribution in [0.5, 0.6) is 0 Å². The first-order chi connectivity index (χ1) is 17.5. The van der Waals surface area contributed by atoms with Crippen molar-refractivity contribution in [1.29, 1.82) is 5.26 Å². The van der Waals surface area contributed by atoms with Gasteiger partial charge in [0, 0.05) is 48.6 Å². The Kier molecular flexibility index (Phi) is 6.33. The van der Waals surface area contributed by atoms with Crippen LogP contribution in [-0.4, -0.2) is 41.3 Å². The molecule has 1 aromatic heterocycles. The van der Waals surface area contributed by atoms with Crippen LogP contribution in [0.1, 0.15) is 78.5 Å². The van der Waals surface area contributed by atoms with Gasteiger partial charge >= 0.3 is 0 Å². The van der Waals surface area contributed by atoms with Crippen molar-refractivity contribution in [3.63, 3.8) is 0 Å². The number of carbonyl (C=O) groups excluding carboxylic acids is 1. The van der Waals surface area contributed by atoms with Gasteiger partial charge in [0.05, 0.1) is 11.6 Å². The molecule has 5 nitrogen and oxygen atoms in total. The minimum Gasteiger partial charge on any atom is -0.382 e. The number of pyridine rings is 1. The Bertz CT molecular complexity index is 1160. The molecule has 36 heavy (non-hydrogen) atoms. The number of hydrogen-bond donors (Lipinski definition) is 1. The van der Waals surface area contributed by atoms with Crippen molar-refractivity contribution >= 4 is 11.5 Å². The highest BCUT2D eigenvalue weighted by Gasteiger charge is 2.65. The molecule has 2 heterocycles. The number of hydrogen-bond acceptors (Lipinski definition) is 5. The van der Waals surface area contributed by atoms with Crippen LogP contribution in [0.4, 0.5) is 5.69 Å². The quantitative estimate of drug-likeness (QED) is 0.483. The zero-order valence-corrected chi connectivity index (χ0v) is 21.5. The number of nitrogens with zero attached hydrogens (tertiary/aromatic N) is 3. The molecule has 0 amide bonds. The molecule has 3 unspecified atom stereocenters. The minimum atomic E-state index is 0.244. The summed E-state index contributed by atoms with van der Waals surface area (Å²) in [6.07, 6.45) is 12.2. The van der Waals surface area contributed by atoms with E-state index in [9.17, 15) is 10.1 Å². The Morgan fingerprint density at radius 1 is 1.17 bits per heavy atom. The van der Waals surface area contributed by atoms with E-state index in [1.165, 1.54) is 58.0 Å². The molecular weight excluding hydrogens is 444 g/mol. The van der Waals surface area contributed by atoms with E-state index in [-0.39, 0.29) is 11.2 Å². The van der Waals surface area contributed by atoms with Crippen LogP contribution in [0.2, 0.25) is 0 Å². The molecule has 6 rings (SSSR count). The van der Waals surface area contributed by atoms with Crippen molar-refractivity contribution in [3.8, 4) is 6.07 Å². The van der Waals surface area contributed by atoms with Gasteiger partial charge in [0.2, 0.25) is 0 Å². The fraction of sp³-hybridized carbons (Fsp3) is 0.581. The lowest BCUT2D eigenvalue weighted by molar-refractivity contribution is -0.180. The van der Waals surface area contributed by atoms with Crippen LogP contribution >= 0.6 is 0 Å². The van der Waals surface area contributed by atoms with E-state index < -0.39 is 0 Å². The molecule has 5 heteroatoms. The van der Waals surface area contributed by atoms with E-state index in [1.54, 1.807) is 0 Å². The topological polar surface area (TPSA) is 69.0 Å². The molecule has 4 aliphatic rings. The average molecular weight is 483 g/mol. The van der Waals surface area contributed by atoms with Gasteiger partial charge in [0.15, 0.2) is 5.78 Å². The normalized spacial score (nSPS) is 30.9. The van der Waals surface area contributed by atoms with Gasteiger partial charge in [0.1, 0.15) is 0 Å². The van der Waals surface area contributed by atoms with Gasteiger partial charge in [-0.1, -0.05) is 6.07 Å². The van der Waals surface area contributed by atoms with Crippen LogP contribution in [0, 0.1) is 41.4 Å². The molecule has 0 spiro atoms. The van der Waals surface area contributed by atoms with Gasteiger partial charge in [-0.15, -0.1) is 0 Å². The highest BCUT2D eigenvalue weighted by atomic mass is 16.1. The molecule has 4 fully saturated rings. The van der Waals surface area contributed by atoms with Crippen molar-refractivity contribution in [2.75, 3.05) is 25.0 Å². The molecule has 2 aromatic rings. The number of nitriles is 1. The first kappa shape index (κ1) is 23.7. The monoisotopic (exact) mass is 482 g/mol. The van der Waals surface area contributed by atoms with Crippen molar-refractivity contribution in [1.82, 2.24) is 9.88 Å². The number of benzene rings is 1. The molecule has 0 bridgehead atoms. The Morgan fingerprint density at radius 3 is 2.78 bits per heavy atom. The third-order valence-electron chi connectivity index (χ3n) is 9.80. The lowest BCUT2D eigenvalue weighted by Crippen LogP contribution is -2.61. The summed E-state index contributed by atoms with van der Waals surface area (Å²) < 4.78 is 0. The predicted octanol–water partition coefficient (Wildman–Crippen LogP) is 5.78. The molecule has 0 radical (unpaired) electrons. The van der Waals surface area contributed by atoms with Gasteiger partial charge in [0.25, 0.3) is 0 Å². The molecule has 3 saturated carbocycles. The summed E-state index contributed by atoms with van der Waals surface area (Å²) in [5.74, 6) is 2.51. The first-order valence-corrected chi connectivity index (χ1v) is 14.0. The molecule has 3 aliphatic carbocycles. The summed E-state index contributed by atoms with van der Waals surface area (Å²) >= 11 is 0. The molecule has 5 atom stereocenters. The summed E-state index contributed by atoms with van der Waals surface area (Å²) in [5, 5.41) is 13.1. The number of rotatable bonds is 8. The number of Topliss-reactive ketones (excluding diaryl/α,β-unsaturated/α-hetero) is 1. The summed E-state index contributed by atoms with van der Waals surface area (Å²) in [6, 6.07) is 13.0. The van der Waals surface area contributed by atoms with Crippen molar-refractivity contribution in [3.05, 3.63) is 58.9 Å². The van der Waals surface area contributed by atoms with Crippen LogP contribution in [-0.2, 0) is 6.42 Å². The fourth-order valence-electron chi connectivity index (χ4n) is 8.03. The maximum atomic E-state index is 13.2. The Labute approximate surface area is 215 Å². The number of ketones is 1. The second kappa shape index (κ2) is 9.63. The lowest BCUT2D eigenvalue weighted by Gasteiger charge is -2.67. The van der Waals surface area contributed by atoms with Crippen LogP contribution in [0.25, 0.3) is 0 Å². The summed E-state index contributed by atoms with van der Waals surface area (Å²) in [5.41, 5.74) is 4.98. The largest absolute Gasteiger partial charge is 0.382 e. The number of likely N-dealkylation sites (tertiary alicyclic amines) is 1. The highest BCUT2D eigenvalue weighted by molar-refractivity contribution is 5.96. The smallest absolute Gasteiger partial charge is 0.164 e. The Morgan fingerprint density at radius 2 is 2.00 bits per heavy atom. The van der Waals surface area contributed by atoms with Crippen molar-refractivity contribution < 1.29 is 4.79 Å².